The Hall–Kier alpha value is -5.31. The SMILES string of the molecule is O=C1C2=C(C(c3cccc4[nH]c(=O)oc34)=NC2)C(c2cc(Oc3ccccc3)ccc2F)N1Cc1ccccn1. The van der Waals surface area contributed by atoms with Crippen molar-refractivity contribution in [3.05, 3.63) is 135 Å². The zero-order valence-corrected chi connectivity index (χ0v) is 21.0. The van der Waals surface area contributed by atoms with E-state index in [1.807, 2.05) is 42.5 Å². The first-order valence-corrected chi connectivity index (χ1v) is 12.7. The number of nitrogens with zero attached hydrogens (tertiary/aromatic N) is 3. The van der Waals surface area contributed by atoms with E-state index in [9.17, 15) is 9.59 Å². The summed E-state index contributed by atoms with van der Waals surface area (Å²) < 4.78 is 27.2. The molecule has 2 aromatic heterocycles. The topological polar surface area (TPSA) is 101 Å². The molecule has 1 N–H and O–H groups in total. The lowest BCUT2D eigenvalue weighted by Gasteiger charge is -2.29. The van der Waals surface area contributed by atoms with Gasteiger partial charge in [-0.25, -0.2) is 9.18 Å². The molecule has 2 aliphatic rings. The highest BCUT2D eigenvalue weighted by Crippen LogP contribution is 2.45. The van der Waals surface area contributed by atoms with Crippen LogP contribution in [0.4, 0.5) is 4.39 Å². The van der Waals surface area contributed by atoms with Gasteiger partial charge in [0.25, 0.3) is 5.91 Å². The summed E-state index contributed by atoms with van der Waals surface area (Å²) in [7, 11) is 0. The first-order chi connectivity index (χ1) is 19.6. The van der Waals surface area contributed by atoms with Crippen molar-refractivity contribution < 1.29 is 18.3 Å². The molecule has 9 heteroatoms. The summed E-state index contributed by atoms with van der Waals surface area (Å²) in [5.74, 6) is -0.304. The van der Waals surface area contributed by atoms with Crippen LogP contribution in [0, 0.1) is 5.82 Å². The Labute approximate surface area is 227 Å². The van der Waals surface area contributed by atoms with Gasteiger partial charge in [0, 0.05) is 28.5 Å². The van der Waals surface area contributed by atoms with Crippen molar-refractivity contribution in [2.45, 2.75) is 12.6 Å². The molecule has 0 fully saturated rings. The number of hydrogen-bond acceptors (Lipinski definition) is 6. The molecule has 3 aromatic carbocycles. The van der Waals surface area contributed by atoms with Gasteiger partial charge in [-0.2, -0.15) is 0 Å². The Morgan fingerprint density at radius 2 is 1.82 bits per heavy atom. The molecule has 0 saturated heterocycles. The number of benzene rings is 3. The van der Waals surface area contributed by atoms with Gasteiger partial charge in [-0.15, -0.1) is 0 Å². The van der Waals surface area contributed by atoms with Gasteiger partial charge in [-0.3, -0.25) is 19.8 Å². The van der Waals surface area contributed by atoms with Crippen LogP contribution in [0.5, 0.6) is 11.5 Å². The highest BCUT2D eigenvalue weighted by atomic mass is 19.1. The second-order valence-electron chi connectivity index (χ2n) is 9.51. The summed E-state index contributed by atoms with van der Waals surface area (Å²) in [6.07, 6.45) is 1.66. The van der Waals surface area contributed by atoms with E-state index < -0.39 is 17.6 Å². The van der Waals surface area contributed by atoms with Gasteiger partial charge in [0.15, 0.2) is 5.58 Å². The number of para-hydroxylation sites is 2. The lowest BCUT2D eigenvalue weighted by molar-refractivity contribution is -0.127. The number of hydrogen-bond donors (Lipinski definition) is 1. The van der Waals surface area contributed by atoms with Crippen molar-refractivity contribution in [3.63, 3.8) is 0 Å². The maximum absolute atomic E-state index is 15.7. The number of pyridine rings is 1. The van der Waals surface area contributed by atoms with Crippen molar-refractivity contribution in [2.75, 3.05) is 6.54 Å². The third-order valence-electron chi connectivity index (χ3n) is 7.08. The summed E-state index contributed by atoms with van der Waals surface area (Å²) in [4.78, 5) is 39.2. The second kappa shape index (κ2) is 9.46. The van der Waals surface area contributed by atoms with Crippen LogP contribution in [0.2, 0.25) is 0 Å². The molecule has 196 valence electrons. The molecule has 8 nitrogen and oxygen atoms in total. The van der Waals surface area contributed by atoms with Crippen LogP contribution >= 0.6 is 0 Å². The van der Waals surface area contributed by atoms with Gasteiger partial charge >= 0.3 is 5.76 Å². The number of carbonyl (C=O) groups is 1. The van der Waals surface area contributed by atoms with Crippen LogP contribution < -0.4 is 10.5 Å². The van der Waals surface area contributed by atoms with Crippen LogP contribution in [0.15, 0.2) is 116 Å². The molecule has 0 aliphatic carbocycles. The number of rotatable bonds is 6. The molecule has 0 spiro atoms. The lowest BCUT2D eigenvalue weighted by atomic mass is 9.91. The van der Waals surface area contributed by atoms with Gasteiger partial charge in [-0.05, 0) is 54.6 Å². The fourth-order valence-electron chi connectivity index (χ4n) is 5.36. The van der Waals surface area contributed by atoms with Gasteiger partial charge < -0.3 is 14.1 Å². The van der Waals surface area contributed by atoms with E-state index in [1.54, 1.807) is 47.5 Å². The van der Waals surface area contributed by atoms with Crippen LogP contribution in [0.1, 0.15) is 22.9 Å². The number of halogens is 1. The van der Waals surface area contributed by atoms with Crippen molar-refractivity contribution in [2.24, 2.45) is 4.99 Å². The number of aliphatic imine (C=N–C) groups is 1. The summed E-state index contributed by atoms with van der Waals surface area (Å²) in [5, 5.41) is 0. The Bertz CT molecular complexity index is 1890. The average molecular weight is 533 g/mol. The lowest BCUT2D eigenvalue weighted by Crippen LogP contribution is -2.32. The summed E-state index contributed by atoms with van der Waals surface area (Å²) >= 11 is 0. The predicted octanol–water partition coefficient (Wildman–Crippen LogP) is 5.33. The van der Waals surface area contributed by atoms with E-state index >= 15 is 4.39 Å². The fraction of sp³-hybridized carbons (Fsp3) is 0.0968. The first kappa shape index (κ1) is 23.8. The maximum atomic E-state index is 15.7. The molecule has 0 saturated carbocycles. The number of amides is 1. The minimum absolute atomic E-state index is 0.131. The first-order valence-electron chi connectivity index (χ1n) is 12.7. The Morgan fingerprint density at radius 3 is 2.65 bits per heavy atom. The van der Waals surface area contributed by atoms with Crippen LogP contribution in [-0.2, 0) is 11.3 Å². The minimum atomic E-state index is -0.814. The molecular weight excluding hydrogens is 511 g/mol. The number of ether oxygens (including phenoxy) is 1. The van der Waals surface area contributed by atoms with Gasteiger partial charge in [0.2, 0.25) is 0 Å². The Kier molecular flexibility index (Phi) is 5.62. The number of H-pyrrole nitrogens is 1. The Morgan fingerprint density at radius 1 is 0.975 bits per heavy atom. The van der Waals surface area contributed by atoms with Gasteiger partial charge in [0.1, 0.15) is 17.3 Å². The van der Waals surface area contributed by atoms with E-state index in [2.05, 4.69) is 15.0 Å². The monoisotopic (exact) mass is 532 g/mol. The van der Waals surface area contributed by atoms with E-state index in [4.69, 9.17) is 9.15 Å². The largest absolute Gasteiger partial charge is 0.457 e. The number of aromatic nitrogens is 2. The quantitative estimate of drug-likeness (QED) is 0.319. The minimum Gasteiger partial charge on any atom is -0.457 e. The Balaban J connectivity index is 1.37. The highest BCUT2D eigenvalue weighted by Gasteiger charge is 2.46. The zero-order chi connectivity index (χ0) is 27.2. The number of carbonyl (C=O) groups excluding carboxylic acids is 1. The van der Waals surface area contributed by atoms with E-state index in [1.165, 1.54) is 6.07 Å². The van der Waals surface area contributed by atoms with E-state index in [0.29, 0.717) is 50.7 Å². The highest BCUT2D eigenvalue weighted by molar-refractivity contribution is 6.25. The second-order valence-corrected chi connectivity index (χ2v) is 9.51. The van der Waals surface area contributed by atoms with Crippen molar-refractivity contribution in [1.29, 1.82) is 0 Å². The molecule has 1 amide bonds. The summed E-state index contributed by atoms with van der Waals surface area (Å²) in [6.45, 7) is 0.294. The number of aromatic amines is 1. The maximum Gasteiger partial charge on any atom is 0.417 e. The molecule has 4 heterocycles. The third kappa shape index (κ3) is 3.99. The molecule has 40 heavy (non-hydrogen) atoms. The van der Waals surface area contributed by atoms with Crippen LogP contribution in [-0.4, -0.2) is 33.0 Å². The molecule has 7 rings (SSSR count). The molecule has 1 atom stereocenters. The summed E-state index contributed by atoms with van der Waals surface area (Å²) in [5.41, 5.74) is 3.85. The fourth-order valence-corrected chi connectivity index (χ4v) is 5.36. The van der Waals surface area contributed by atoms with Crippen molar-refractivity contribution >= 4 is 22.7 Å². The average Bonchev–Trinajstić information content (AvgIpc) is 3.64. The molecule has 0 radical (unpaired) electrons. The normalized spacial score (nSPS) is 16.5. The smallest absolute Gasteiger partial charge is 0.417 e. The molecular formula is C31H21FN4O4. The predicted molar refractivity (Wildman–Crippen MR) is 146 cm³/mol. The van der Waals surface area contributed by atoms with E-state index in [-0.39, 0.29) is 24.6 Å². The number of oxazole rings is 1. The van der Waals surface area contributed by atoms with Gasteiger partial charge in [0.05, 0.1) is 36.1 Å². The summed E-state index contributed by atoms with van der Waals surface area (Å²) in [6, 6.07) is 23.6. The number of nitrogens with one attached hydrogen (secondary N) is 1. The number of fused-ring (bicyclic) bond motifs is 1. The van der Waals surface area contributed by atoms with Crippen LogP contribution in [0.25, 0.3) is 11.1 Å². The van der Waals surface area contributed by atoms with Crippen molar-refractivity contribution in [1.82, 2.24) is 14.9 Å². The van der Waals surface area contributed by atoms with E-state index in [0.717, 1.165) is 0 Å². The zero-order valence-electron chi connectivity index (χ0n) is 21.0. The van der Waals surface area contributed by atoms with Crippen LogP contribution in [0.3, 0.4) is 0 Å². The third-order valence-corrected chi connectivity index (χ3v) is 7.08. The van der Waals surface area contributed by atoms with Crippen molar-refractivity contribution in [3.8, 4) is 11.5 Å². The molecule has 2 aliphatic heterocycles. The van der Waals surface area contributed by atoms with Gasteiger partial charge in [-0.1, -0.05) is 30.3 Å². The molecule has 1 unspecified atom stereocenters. The standard InChI is InChI=1S/C31H21FN4O4/c32-24-13-12-20(39-19-8-2-1-3-9-19)15-22(24)28-26-23(30(37)36(28)17-18-7-4-5-14-33-18)16-34-27(26)21-10-6-11-25-29(21)40-31(38)35-25/h1-15,28H,16-17H2,(H,35,38). The molecule has 5 aromatic rings. The molecule has 0 bridgehead atoms.